The topological polar surface area (TPSA) is 98.3 Å². The van der Waals surface area contributed by atoms with Crippen molar-refractivity contribution in [2.75, 3.05) is 31.1 Å². The van der Waals surface area contributed by atoms with Gasteiger partial charge in [-0.25, -0.2) is 14.6 Å². The van der Waals surface area contributed by atoms with Crippen LogP contribution in [-0.2, 0) is 20.9 Å². The number of carbonyl (C=O) groups excluding carboxylic acids is 3. The van der Waals surface area contributed by atoms with Crippen molar-refractivity contribution in [2.45, 2.75) is 13.5 Å². The van der Waals surface area contributed by atoms with Gasteiger partial charge in [-0.15, -0.1) is 11.3 Å². The molecule has 0 bridgehead atoms. The van der Waals surface area contributed by atoms with Crippen molar-refractivity contribution in [1.29, 1.82) is 0 Å². The third-order valence-electron chi connectivity index (χ3n) is 4.66. The van der Waals surface area contributed by atoms with E-state index in [-0.39, 0.29) is 18.1 Å². The van der Waals surface area contributed by atoms with Crippen molar-refractivity contribution >= 4 is 45.8 Å². The summed E-state index contributed by atoms with van der Waals surface area (Å²) in [6.07, 6.45) is -0.611. The summed E-state index contributed by atoms with van der Waals surface area (Å²) in [5.74, 6) is -0.330. The number of ether oxygens (including phenoxy) is 3. The number of methoxy groups -OCH3 is 2. The second-order valence-electron chi connectivity index (χ2n) is 6.77. The number of benzene rings is 2. The minimum absolute atomic E-state index is 0.108. The van der Waals surface area contributed by atoms with E-state index in [9.17, 15) is 14.4 Å². The van der Waals surface area contributed by atoms with Gasteiger partial charge < -0.3 is 14.2 Å². The minimum Gasteiger partial charge on any atom is -0.495 e. The van der Waals surface area contributed by atoms with Gasteiger partial charge >= 0.3 is 12.1 Å². The molecule has 0 unspecified atom stereocenters. The predicted molar refractivity (Wildman–Crippen MR) is 124 cm³/mol. The van der Waals surface area contributed by atoms with Crippen LogP contribution in [-0.4, -0.2) is 44.2 Å². The molecule has 9 nitrogen and oxygen atoms in total. The van der Waals surface area contributed by atoms with Gasteiger partial charge in [0.15, 0.2) is 5.13 Å². The molecule has 10 heteroatoms. The van der Waals surface area contributed by atoms with Crippen LogP contribution in [0, 0.1) is 0 Å². The van der Waals surface area contributed by atoms with Gasteiger partial charge in [-0.3, -0.25) is 14.6 Å². The first-order valence-corrected chi connectivity index (χ1v) is 10.7. The van der Waals surface area contributed by atoms with Crippen molar-refractivity contribution in [1.82, 2.24) is 4.98 Å². The molecule has 0 atom stereocenters. The molecule has 0 fully saturated rings. The monoisotopic (exact) mass is 469 g/mol. The van der Waals surface area contributed by atoms with E-state index in [1.165, 1.54) is 49.3 Å². The Bertz CT molecular complexity index is 1160. The van der Waals surface area contributed by atoms with Gasteiger partial charge in [-0.1, -0.05) is 24.3 Å². The summed E-state index contributed by atoms with van der Waals surface area (Å²) in [6.45, 7) is 1.32. The first kappa shape index (κ1) is 23.7. The summed E-state index contributed by atoms with van der Waals surface area (Å²) in [4.78, 5) is 44.0. The number of amides is 2. The first-order chi connectivity index (χ1) is 15.9. The molecule has 0 N–H and O–H groups in total. The molecule has 0 radical (unpaired) electrons. The minimum atomic E-state index is -0.621. The van der Waals surface area contributed by atoms with Crippen LogP contribution in [0.5, 0.6) is 5.75 Å². The molecule has 0 aliphatic rings. The molecule has 3 rings (SSSR count). The molecule has 0 spiro atoms. The zero-order valence-corrected chi connectivity index (χ0v) is 19.4. The molecule has 33 heavy (non-hydrogen) atoms. The molecule has 0 aliphatic heterocycles. The summed E-state index contributed by atoms with van der Waals surface area (Å²) in [5, 5.41) is 2.13. The maximum Gasteiger partial charge on any atom is 0.413 e. The molecule has 1 aromatic heterocycles. The van der Waals surface area contributed by atoms with Crippen LogP contribution in [0.3, 0.4) is 0 Å². The van der Waals surface area contributed by atoms with Crippen LogP contribution in [0.1, 0.15) is 23.0 Å². The lowest BCUT2D eigenvalue weighted by molar-refractivity contribution is -0.115. The largest absolute Gasteiger partial charge is 0.495 e. The Kier molecular flexibility index (Phi) is 7.62. The highest BCUT2D eigenvalue weighted by atomic mass is 32.1. The Morgan fingerprint density at radius 2 is 1.67 bits per heavy atom. The second kappa shape index (κ2) is 10.6. The third-order valence-corrected chi connectivity index (χ3v) is 5.53. The molecule has 0 aliphatic carbocycles. The molecule has 172 valence electrons. The Hall–Kier alpha value is -3.92. The quantitative estimate of drug-likeness (QED) is 0.473. The van der Waals surface area contributed by atoms with E-state index in [1.807, 2.05) is 6.07 Å². The number of carbonyl (C=O) groups is 3. The Morgan fingerprint density at radius 1 is 1.00 bits per heavy atom. The lowest BCUT2D eigenvalue weighted by atomic mass is 10.1. The van der Waals surface area contributed by atoms with Crippen molar-refractivity contribution in [3.63, 3.8) is 0 Å². The van der Waals surface area contributed by atoms with Crippen LogP contribution in [0.4, 0.5) is 21.3 Å². The summed E-state index contributed by atoms with van der Waals surface area (Å²) < 4.78 is 15.5. The van der Waals surface area contributed by atoms with E-state index in [4.69, 9.17) is 14.2 Å². The maximum absolute atomic E-state index is 12.7. The molecule has 2 aromatic carbocycles. The number of rotatable bonds is 7. The van der Waals surface area contributed by atoms with E-state index in [1.54, 1.807) is 47.8 Å². The highest BCUT2D eigenvalue weighted by molar-refractivity contribution is 7.14. The Balaban J connectivity index is 1.77. The Morgan fingerprint density at radius 3 is 2.33 bits per heavy atom. The highest BCUT2D eigenvalue weighted by Gasteiger charge is 2.23. The lowest BCUT2D eigenvalue weighted by Crippen LogP contribution is -2.27. The van der Waals surface area contributed by atoms with Crippen LogP contribution in [0.15, 0.2) is 53.9 Å². The van der Waals surface area contributed by atoms with Crippen molar-refractivity contribution in [2.24, 2.45) is 0 Å². The average molecular weight is 470 g/mol. The van der Waals surface area contributed by atoms with E-state index < -0.39 is 12.1 Å². The molecule has 3 aromatic rings. The van der Waals surface area contributed by atoms with Crippen LogP contribution in [0.2, 0.25) is 0 Å². The first-order valence-electron chi connectivity index (χ1n) is 9.83. The lowest BCUT2D eigenvalue weighted by Gasteiger charge is -2.20. The van der Waals surface area contributed by atoms with Gasteiger partial charge in [0.2, 0.25) is 5.91 Å². The van der Waals surface area contributed by atoms with E-state index in [0.717, 1.165) is 0 Å². The van der Waals surface area contributed by atoms with Crippen LogP contribution < -0.4 is 14.5 Å². The molecular formula is C23H23N3O6S. The molecular weight excluding hydrogens is 446 g/mol. The molecule has 0 saturated heterocycles. The smallest absolute Gasteiger partial charge is 0.413 e. The molecule has 1 heterocycles. The summed E-state index contributed by atoms with van der Waals surface area (Å²) in [5.41, 5.74) is 1.60. The normalized spacial score (nSPS) is 10.3. The number of hydrogen-bond donors (Lipinski definition) is 0. The number of aromatic nitrogens is 1. The fourth-order valence-corrected chi connectivity index (χ4v) is 3.94. The third kappa shape index (κ3) is 5.29. The predicted octanol–water partition coefficient (Wildman–Crippen LogP) is 4.40. The van der Waals surface area contributed by atoms with Gasteiger partial charge in [-0.2, -0.15) is 0 Å². The Labute approximate surface area is 195 Å². The summed E-state index contributed by atoms with van der Waals surface area (Å²) in [7, 11) is 4.28. The highest BCUT2D eigenvalue weighted by Crippen LogP contribution is 2.35. The number of para-hydroxylation sites is 3. The van der Waals surface area contributed by atoms with Crippen LogP contribution >= 0.6 is 11.3 Å². The van der Waals surface area contributed by atoms with Crippen LogP contribution in [0.25, 0.3) is 0 Å². The summed E-state index contributed by atoms with van der Waals surface area (Å²) in [6, 6.07) is 13.7. The zero-order chi connectivity index (χ0) is 24.0. The average Bonchev–Trinajstić information content (AvgIpc) is 3.30. The van der Waals surface area contributed by atoms with Gasteiger partial charge in [0.1, 0.15) is 12.4 Å². The standard InChI is InChI=1S/C23H23N3O6S/c1-15(27)26(19-11-7-8-12-20(19)30-3)22-24-16(14-33-22)13-32-21(28)17-9-5-6-10-18(17)25(2)23(29)31-4/h5-12,14H,13H2,1-4H3. The van der Waals surface area contributed by atoms with Crippen molar-refractivity contribution in [3.8, 4) is 5.75 Å². The summed E-state index contributed by atoms with van der Waals surface area (Å²) >= 11 is 1.24. The number of anilines is 3. The van der Waals surface area contributed by atoms with E-state index >= 15 is 0 Å². The number of thiazole rings is 1. The van der Waals surface area contributed by atoms with Gasteiger partial charge in [0.25, 0.3) is 0 Å². The second-order valence-corrected chi connectivity index (χ2v) is 7.61. The molecule has 2 amide bonds. The number of hydrogen-bond acceptors (Lipinski definition) is 8. The molecule has 0 saturated carbocycles. The van der Waals surface area contributed by atoms with E-state index in [0.29, 0.717) is 27.9 Å². The van der Waals surface area contributed by atoms with Gasteiger partial charge in [0, 0.05) is 19.4 Å². The van der Waals surface area contributed by atoms with Gasteiger partial charge in [-0.05, 0) is 24.3 Å². The number of esters is 1. The van der Waals surface area contributed by atoms with Crippen molar-refractivity contribution < 1.29 is 28.6 Å². The van der Waals surface area contributed by atoms with E-state index in [2.05, 4.69) is 4.98 Å². The zero-order valence-electron chi connectivity index (χ0n) is 18.6. The van der Waals surface area contributed by atoms with Crippen molar-refractivity contribution in [3.05, 3.63) is 65.2 Å². The van der Waals surface area contributed by atoms with Gasteiger partial charge in [0.05, 0.1) is 36.9 Å². The fourth-order valence-electron chi connectivity index (χ4n) is 3.08. The SMILES string of the molecule is COC(=O)N(C)c1ccccc1C(=O)OCc1csc(N(C(C)=O)c2ccccc2OC)n1. The maximum atomic E-state index is 12.7. The fraction of sp³-hybridized carbons (Fsp3) is 0.217. The number of nitrogens with zero attached hydrogens (tertiary/aromatic N) is 3.